The van der Waals surface area contributed by atoms with E-state index in [0.29, 0.717) is 0 Å². The minimum atomic E-state index is -4.58. The highest BCUT2D eigenvalue weighted by Crippen LogP contribution is 2.35. The van der Waals surface area contributed by atoms with Crippen LogP contribution in [-0.4, -0.2) is 5.91 Å². The Hall–Kier alpha value is -2.34. The van der Waals surface area contributed by atoms with Gasteiger partial charge in [0.25, 0.3) is 0 Å². The Morgan fingerprint density at radius 2 is 1.87 bits per heavy atom. The van der Waals surface area contributed by atoms with E-state index in [1.165, 1.54) is 30.3 Å². The molecule has 0 aromatic heterocycles. The average molecular weight is 344 g/mol. The lowest BCUT2D eigenvalue weighted by Crippen LogP contribution is -2.08. The molecule has 0 saturated carbocycles. The fraction of sp³-hybridized carbons (Fsp3) is 0.0625. The molecule has 120 valence electrons. The van der Waals surface area contributed by atoms with E-state index in [9.17, 15) is 22.4 Å². The molecule has 2 aromatic rings. The van der Waals surface area contributed by atoms with Gasteiger partial charge in [-0.1, -0.05) is 23.7 Å². The second kappa shape index (κ2) is 6.83. The highest BCUT2D eigenvalue weighted by molar-refractivity contribution is 6.31. The zero-order valence-electron chi connectivity index (χ0n) is 11.5. The molecule has 0 aliphatic heterocycles. The number of anilines is 1. The Labute approximate surface area is 134 Å². The summed E-state index contributed by atoms with van der Waals surface area (Å²) in [5.74, 6) is -1.11. The van der Waals surface area contributed by atoms with Gasteiger partial charge in [0.2, 0.25) is 5.91 Å². The van der Waals surface area contributed by atoms with Crippen LogP contribution in [0, 0.1) is 5.82 Å². The Bertz CT molecular complexity index is 756. The summed E-state index contributed by atoms with van der Waals surface area (Å²) < 4.78 is 51.2. The van der Waals surface area contributed by atoms with Crippen molar-refractivity contribution in [3.8, 4) is 0 Å². The normalized spacial score (nSPS) is 11.7. The van der Waals surface area contributed by atoms with Gasteiger partial charge in [-0.3, -0.25) is 4.79 Å². The number of hydrogen-bond donors (Lipinski definition) is 1. The lowest BCUT2D eigenvalue weighted by Gasteiger charge is -2.09. The first-order chi connectivity index (χ1) is 10.8. The second-order valence-electron chi connectivity index (χ2n) is 4.57. The van der Waals surface area contributed by atoms with Crippen molar-refractivity contribution in [1.82, 2.24) is 0 Å². The molecule has 2 nitrogen and oxygen atoms in total. The van der Waals surface area contributed by atoms with Gasteiger partial charge in [-0.05, 0) is 42.0 Å². The van der Waals surface area contributed by atoms with E-state index in [0.717, 1.165) is 24.3 Å². The van der Waals surface area contributed by atoms with Crippen LogP contribution in [0.5, 0.6) is 0 Å². The summed E-state index contributed by atoms with van der Waals surface area (Å²) in [5, 5.41) is 1.98. The Morgan fingerprint density at radius 1 is 1.13 bits per heavy atom. The second-order valence-corrected chi connectivity index (χ2v) is 4.98. The number of nitrogens with one attached hydrogen (secondary N) is 1. The third-order valence-electron chi connectivity index (χ3n) is 2.82. The molecule has 0 atom stereocenters. The maximum Gasteiger partial charge on any atom is 0.417 e. The predicted octanol–water partition coefficient (Wildman–Crippen LogP) is 5.15. The summed E-state index contributed by atoms with van der Waals surface area (Å²) in [6, 6.07) is 8.54. The molecule has 2 aromatic carbocycles. The summed E-state index contributed by atoms with van der Waals surface area (Å²) in [4.78, 5) is 11.7. The van der Waals surface area contributed by atoms with Crippen molar-refractivity contribution in [2.75, 3.05) is 5.32 Å². The molecule has 2 rings (SSSR count). The Kier molecular flexibility index (Phi) is 5.05. The van der Waals surface area contributed by atoms with E-state index in [2.05, 4.69) is 5.32 Å². The summed E-state index contributed by atoms with van der Waals surface area (Å²) in [5.41, 5.74) is -0.574. The molecule has 0 spiro atoms. The quantitative estimate of drug-likeness (QED) is 0.606. The van der Waals surface area contributed by atoms with E-state index in [-0.39, 0.29) is 11.3 Å². The van der Waals surface area contributed by atoms with E-state index in [1.54, 1.807) is 0 Å². The van der Waals surface area contributed by atoms with Gasteiger partial charge in [-0.25, -0.2) is 4.39 Å². The molecule has 1 N–H and O–H groups in total. The largest absolute Gasteiger partial charge is 0.417 e. The monoisotopic (exact) mass is 343 g/mol. The van der Waals surface area contributed by atoms with Crippen LogP contribution in [0.4, 0.5) is 23.2 Å². The fourth-order valence-electron chi connectivity index (χ4n) is 1.79. The van der Waals surface area contributed by atoms with Crippen molar-refractivity contribution >= 4 is 29.3 Å². The number of benzene rings is 2. The highest BCUT2D eigenvalue weighted by Gasteiger charge is 2.33. The summed E-state index contributed by atoms with van der Waals surface area (Å²) in [6.45, 7) is 0. The van der Waals surface area contributed by atoms with Crippen LogP contribution in [0.25, 0.3) is 6.08 Å². The van der Waals surface area contributed by atoms with Crippen LogP contribution in [0.15, 0.2) is 48.5 Å². The first-order valence-electron chi connectivity index (χ1n) is 6.37. The van der Waals surface area contributed by atoms with E-state index in [1.807, 2.05) is 0 Å². The maximum absolute atomic E-state index is 13.0. The first kappa shape index (κ1) is 17.0. The lowest BCUT2D eigenvalue weighted by molar-refractivity contribution is -0.137. The number of hydrogen-bond acceptors (Lipinski definition) is 1. The van der Waals surface area contributed by atoms with Gasteiger partial charge in [0, 0.05) is 11.8 Å². The van der Waals surface area contributed by atoms with Gasteiger partial charge < -0.3 is 5.32 Å². The molecular formula is C16H10ClF4NO. The fourth-order valence-corrected chi connectivity index (χ4v) is 2.01. The smallest absolute Gasteiger partial charge is 0.322 e. The molecule has 0 aliphatic rings. The van der Waals surface area contributed by atoms with Crippen molar-refractivity contribution in [1.29, 1.82) is 0 Å². The van der Waals surface area contributed by atoms with Crippen LogP contribution in [0.1, 0.15) is 11.1 Å². The van der Waals surface area contributed by atoms with Gasteiger partial charge in [-0.2, -0.15) is 13.2 Å². The maximum atomic E-state index is 13.0. The van der Waals surface area contributed by atoms with Crippen LogP contribution in [-0.2, 0) is 11.0 Å². The molecule has 0 aliphatic carbocycles. The lowest BCUT2D eigenvalue weighted by atomic mass is 10.1. The zero-order valence-corrected chi connectivity index (χ0v) is 12.3. The van der Waals surface area contributed by atoms with Gasteiger partial charge in [0.05, 0.1) is 10.6 Å². The SMILES string of the molecule is O=C(/C=C/c1ccc(Cl)c(C(F)(F)F)c1)Nc1cccc(F)c1. The predicted molar refractivity (Wildman–Crippen MR) is 80.5 cm³/mol. The molecule has 0 fully saturated rings. The summed E-state index contributed by atoms with van der Waals surface area (Å²) in [6.07, 6.45) is -2.32. The number of carbonyl (C=O) groups excluding carboxylic acids is 1. The van der Waals surface area contributed by atoms with Crippen LogP contribution < -0.4 is 5.32 Å². The zero-order chi connectivity index (χ0) is 17.0. The molecule has 0 bridgehead atoms. The standard InChI is InChI=1S/C16H10ClF4NO/c17-14-6-4-10(8-13(14)16(19,20)21)5-7-15(23)22-12-3-1-2-11(18)9-12/h1-9H,(H,22,23)/b7-5+. The van der Waals surface area contributed by atoms with Gasteiger partial charge >= 0.3 is 6.18 Å². The minimum Gasteiger partial charge on any atom is -0.322 e. The molecule has 23 heavy (non-hydrogen) atoms. The van der Waals surface area contributed by atoms with Crippen molar-refractivity contribution < 1.29 is 22.4 Å². The topological polar surface area (TPSA) is 29.1 Å². The number of carbonyl (C=O) groups is 1. The molecule has 0 radical (unpaired) electrons. The molecule has 7 heteroatoms. The Morgan fingerprint density at radius 3 is 2.52 bits per heavy atom. The van der Waals surface area contributed by atoms with Gasteiger partial charge in [0.15, 0.2) is 0 Å². The number of amides is 1. The number of rotatable bonds is 3. The molecule has 1 amide bonds. The van der Waals surface area contributed by atoms with Crippen molar-refractivity contribution in [3.05, 3.63) is 70.5 Å². The van der Waals surface area contributed by atoms with Crippen molar-refractivity contribution in [2.45, 2.75) is 6.18 Å². The highest BCUT2D eigenvalue weighted by atomic mass is 35.5. The van der Waals surface area contributed by atoms with Crippen molar-refractivity contribution in [2.24, 2.45) is 0 Å². The molecule has 0 saturated heterocycles. The minimum absolute atomic E-state index is 0.163. The van der Waals surface area contributed by atoms with Gasteiger partial charge in [0.1, 0.15) is 5.82 Å². The van der Waals surface area contributed by atoms with Crippen molar-refractivity contribution in [3.63, 3.8) is 0 Å². The first-order valence-corrected chi connectivity index (χ1v) is 6.75. The van der Waals surface area contributed by atoms with E-state index in [4.69, 9.17) is 11.6 Å². The van der Waals surface area contributed by atoms with Crippen LogP contribution in [0.2, 0.25) is 5.02 Å². The number of alkyl halides is 3. The molecule has 0 heterocycles. The molecular weight excluding hydrogens is 334 g/mol. The van der Waals surface area contributed by atoms with Crippen LogP contribution in [0.3, 0.4) is 0 Å². The summed E-state index contributed by atoms with van der Waals surface area (Å²) >= 11 is 5.51. The third-order valence-corrected chi connectivity index (χ3v) is 3.14. The van der Waals surface area contributed by atoms with E-state index < -0.39 is 28.5 Å². The number of halogens is 5. The van der Waals surface area contributed by atoms with E-state index >= 15 is 0 Å². The van der Waals surface area contributed by atoms with Crippen LogP contribution >= 0.6 is 11.6 Å². The summed E-state index contributed by atoms with van der Waals surface area (Å²) in [7, 11) is 0. The van der Waals surface area contributed by atoms with Gasteiger partial charge in [-0.15, -0.1) is 0 Å². The molecule has 0 unspecified atom stereocenters. The Balaban J connectivity index is 2.12. The average Bonchev–Trinajstić information content (AvgIpc) is 2.45. The third kappa shape index (κ3) is 4.82.